The van der Waals surface area contributed by atoms with Gasteiger partial charge in [0.05, 0.1) is 32.1 Å². The molecule has 0 spiro atoms. The number of anilines is 3. The third-order valence-electron chi connectivity index (χ3n) is 16.7. The van der Waals surface area contributed by atoms with Gasteiger partial charge in [-0.3, -0.25) is 14.7 Å². The van der Waals surface area contributed by atoms with Gasteiger partial charge in [0, 0.05) is 105 Å². The lowest BCUT2D eigenvalue weighted by molar-refractivity contribution is 0.207. The third-order valence-corrected chi connectivity index (χ3v) is 18.2. The Kier molecular flexibility index (Phi) is 21.0. The Morgan fingerprint density at radius 1 is 0.449 bits per heavy atom. The topological polar surface area (TPSA) is 185 Å². The van der Waals surface area contributed by atoms with Crippen molar-refractivity contribution < 1.29 is 22.6 Å². The van der Waals surface area contributed by atoms with Crippen LogP contribution in [0.25, 0.3) is 0 Å². The van der Waals surface area contributed by atoms with Gasteiger partial charge >= 0.3 is 18.1 Å². The molecule has 18 heteroatoms. The van der Waals surface area contributed by atoms with Gasteiger partial charge in [0.15, 0.2) is 0 Å². The van der Waals surface area contributed by atoms with Crippen molar-refractivity contribution in [1.29, 1.82) is 0 Å². The molecule has 6 aliphatic rings. The van der Waals surface area contributed by atoms with E-state index in [2.05, 4.69) is 52.6 Å². The number of hydrogen-bond donors (Lipinski definition) is 6. The van der Waals surface area contributed by atoms with Gasteiger partial charge in [-0.15, -0.1) is 0 Å². The Labute approximate surface area is 490 Å². The summed E-state index contributed by atoms with van der Waals surface area (Å²) >= 11 is 19.4. The molecule has 3 aliphatic heterocycles. The average Bonchev–Trinajstić information content (AvgIpc) is 3.15. The van der Waals surface area contributed by atoms with Crippen LogP contribution in [0.5, 0.6) is 0 Å². The molecule has 3 aromatic rings. The molecule has 3 saturated heterocycles. The second-order valence-corrected chi connectivity index (χ2v) is 23.5. The minimum atomic E-state index is -1.31. The molecule has 0 unspecified atom stereocenters. The zero-order valence-electron chi connectivity index (χ0n) is 52.5. The molecule has 3 saturated carbocycles. The lowest BCUT2D eigenvalue weighted by atomic mass is 9.84. The van der Waals surface area contributed by atoms with E-state index >= 15 is 0 Å². The van der Waals surface area contributed by atoms with Crippen LogP contribution in [-0.4, -0.2) is 149 Å². The number of aryl methyl sites for hydroxylation is 3. The van der Waals surface area contributed by atoms with Crippen LogP contribution in [0.4, 0.5) is 31.4 Å². The SMILES string of the molecule is [2H]C([2H])(CC1CCC(NC(N)=O)CC1)N1CCN(c2cccc(C)c2Cl)CC1.[2H]C([2H])(CN1CCN(c2cccc(C)c2Cl)CC1)C1CCC(NC(N)=O)CC1.[2H]C([2H])(CN1CCN(c2cccc(C)c2Cl)CC1)C1CCC(NC(N)=O)CC1. The standard InChI is InChI=1S/3C20H31ClN4O/c3*1-15-3-2-4-18(19(15)21)25-13-11-24(12-14-25)10-9-16-5-7-17(8-6-16)23-20(22)26/h3*2-4,16-17H,5-14H2,1H3,(H3,22,23,26)/i10D2;2*9D2. The van der Waals surface area contributed by atoms with Gasteiger partial charge in [0.1, 0.15) is 0 Å². The van der Waals surface area contributed by atoms with E-state index in [-0.39, 0.29) is 30.0 Å². The second-order valence-electron chi connectivity index (χ2n) is 22.3. The Morgan fingerprint density at radius 2 is 0.731 bits per heavy atom. The van der Waals surface area contributed by atoms with Crippen LogP contribution in [0.1, 0.15) is 121 Å². The summed E-state index contributed by atoms with van der Waals surface area (Å²) in [5, 5.41) is 10.7. The number of nitrogens with one attached hydrogen (secondary N) is 3. The summed E-state index contributed by atoms with van der Waals surface area (Å²) in [5.41, 5.74) is 22.0. The summed E-state index contributed by atoms with van der Waals surface area (Å²) in [6, 6.07) is 17.2. The summed E-state index contributed by atoms with van der Waals surface area (Å²) < 4.78 is 51.7. The van der Waals surface area contributed by atoms with Crippen molar-refractivity contribution in [3.63, 3.8) is 0 Å². The van der Waals surface area contributed by atoms with Crippen LogP contribution >= 0.6 is 34.8 Å². The lowest BCUT2D eigenvalue weighted by Crippen LogP contribution is -2.47. The van der Waals surface area contributed by atoms with Crippen molar-refractivity contribution in [3.05, 3.63) is 86.4 Å². The second kappa shape index (κ2) is 31.0. The summed E-state index contributed by atoms with van der Waals surface area (Å²) in [4.78, 5) is 46.2. The Bertz CT molecular complexity index is 2500. The van der Waals surface area contributed by atoms with E-state index in [9.17, 15) is 14.4 Å². The molecule has 432 valence electrons. The summed E-state index contributed by atoms with van der Waals surface area (Å²) in [6.45, 7) is 15.4. The van der Waals surface area contributed by atoms with E-state index in [1.807, 2.05) is 68.1 Å². The number of benzene rings is 3. The number of halogens is 3. The molecular formula is C60H93Cl3N12O3. The van der Waals surface area contributed by atoms with Crippen molar-refractivity contribution in [3.8, 4) is 0 Å². The molecule has 15 nitrogen and oxygen atoms in total. The summed E-state index contributed by atoms with van der Waals surface area (Å²) in [6.07, 6.45) is 8.07. The molecule has 3 heterocycles. The zero-order chi connectivity index (χ0) is 60.9. The van der Waals surface area contributed by atoms with Gasteiger partial charge < -0.3 is 47.9 Å². The highest BCUT2D eigenvalue weighted by Crippen LogP contribution is 2.34. The predicted molar refractivity (Wildman–Crippen MR) is 324 cm³/mol. The molecule has 3 aromatic carbocycles. The van der Waals surface area contributed by atoms with Crippen molar-refractivity contribution in [2.75, 3.05) is 113 Å². The third kappa shape index (κ3) is 19.1. The van der Waals surface area contributed by atoms with Crippen LogP contribution in [0.2, 0.25) is 15.1 Å². The van der Waals surface area contributed by atoms with Crippen molar-refractivity contribution >= 4 is 70.0 Å². The average molecular weight is 1140 g/mol. The number of carbonyl (C=O) groups excluding carboxylic acids is 3. The highest BCUT2D eigenvalue weighted by atomic mass is 35.5. The minimum Gasteiger partial charge on any atom is -0.368 e. The monoisotopic (exact) mass is 1140 g/mol. The molecule has 6 fully saturated rings. The van der Waals surface area contributed by atoms with E-state index in [1.54, 1.807) is 0 Å². The summed E-state index contributed by atoms with van der Waals surface area (Å²) in [7, 11) is 0. The lowest BCUT2D eigenvalue weighted by Gasteiger charge is -2.37. The number of nitrogens with two attached hydrogens (primary N) is 3. The van der Waals surface area contributed by atoms with Gasteiger partial charge in [-0.2, -0.15) is 0 Å². The largest absolute Gasteiger partial charge is 0.368 e. The molecule has 0 aromatic heterocycles. The fourth-order valence-electron chi connectivity index (χ4n) is 11.8. The van der Waals surface area contributed by atoms with Crippen LogP contribution in [0.15, 0.2) is 54.6 Å². The smallest absolute Gasteiger partial charge is 0.312 e. The van der Waals surface area contributed by atoms with Crippen molar-refractivity contribution in [1.82, 2.24) is 30.7 Å². The van der Waals surface area contributed by atoms with Gasteiger partial charge in [-0.1, -0.05) is 71.2 Å². The highest BCUT2D eigenvalue weighted by Gasteiger charge is 2.28. The molecular weight excluding hydrogens is 1040 g/mol. The zero-order valence-corrected chi connectivity index (χ0v) is 48.8. The number of piperazine rings is 3. The van der Waals surface area contributed by atoms with Crippen molar-refractivity contribution in [2.24, 2.45) is 35.0 Å². The fraction of sp³-hybridized carbons (Fsp3) is 0.650. The molecule has 9 N–H and O–H groups in total. The van der Waals surface area contributed by atoms with E-state index in [0.717, 1.165) is 191 Å². The molecule has 0 bridgehead atoms. The molecule has 3 aliphatic carbocycles. The molecule has 0 atom stereocenters. The number of urea groups is 3. The number of rotatable bonds is 15. The number of nitrogens with zero attached hydrogens (tertiary/aromatic N) is 6. The van der Waals surface area contributed by atoms with Crippen LogP contribution in [0, 0.1) is 38.5 Å². The summed E-state index contributed by atoms with van der Waals surface area (Å²) in [5.74, 6) is 0.413. The molecule has 9 rings (SSSR count). The van der Waals surface area contributed by atoms with Gasteiger partial charge in [0.2, 0.25) is 0 Å². The first-order valence-electron chi connectivity index (χ1n) is 31.7. The Morgan fingerprint density at radius 3 is 1.03 bits per heavy atom. The predicted octanol–water partition coefficient (Wildman–Crippen LogP) is 10.2. The Balaban J connectivity index is 0.000000181. The van der Waals surface area contributed by atoms with Gasteiger partial charge in [-0.05, 0) is 189 Å². The first kappa shape index (κ1) is 53.0. The normalized spacial score (nSPS) is 26.2. The maximum atomic E-state index is 11.0. The molecule has 6 amide bonds. The maximum Gasteiger partial charge on any atom is 0.312 e. The van der Waals surface area contributed by atoms with E-state index in [4.69, 9.17) is 60.2 Å². The highest BCUT2D eigenvalue weighted by molar-refractivity contribution is 6.34. The van der Waals surface area contributed by atoms with Crippen LogP contribution < -0.4 is 47.9 Å². The van der Waals surface area contributed by atoms with Gasteiger partial charge in [0.25, 0.3) is 0 Å². The number of carbonyl (C=O) groups is 3. The Hall–Kier alpha value is -4.38. The van der Waals surface area contributed by atoms with E-state index in [1.165, 1.54) is 0 Å². The number of primary amides is 3. The number of hydrogen-bond acceptors (Lipinski definition) is 9. The van der Waals surface area contributed by atoms with E-state index in [0.29, 0.717) is 38.5 Å². The number of amides is 6. The molecule has 78 heavy (non-hydrogen) atoms. The fourth-order valence-corrected chi connectivity index (χ4v) is 12.5. The first-order valence-corrected chi connectivity index (χ1v) is 29.8. The quantitative estimate of drug-likeness (QED) is 0.0862. The molecule has 0 radical (unpaired) electrons. The van der Waals surface area contributed by atoms with Crippen molar-refractivity contribution in [2.45, 2.75) is 135 Å². The maximum absolute atomic E-state index is 11.0. The minimum absolute atomic E-state index is 0.0303. The van der Waals surface area contributed by atoms with Crippen LogP contribution in [-0.2, 0) is 0 Å². The van der Waals surface area contributed by atoms with E-state index < -0.39 is 37.3 Å². The van der Waals surface area contributed by atoms with Gasteiger partial charge in [-0.25, -0.2) is 14.4 Å². The van der Waals surface area contributed by atoms with Crippen LogP contribution in [0.3, 0.4) is 0 Å². The first-order chi connectivity index (χ1) is 39.8.